The normalized spacial score (nSPS) is 12.7. The number of aliphatic hydroxyl groups excluding tert-OH is 1. The Morgan fingerprint density at radius 2 is 2.10 bits per heavy atom. The first-order chi connectivity index (χ1) is 9.65. The standard InChI is InChI=1S/C14H12N2O4/c17-11(12-5-6-13(20-12)14(18)19)7-16-8-15-9-3-1-2-4-10(9)16/h1-6,8,11,17H,7H2,(H,18,19). The molecule has 1 aromatic carbocycles. The molecule has 0 aliphatic rings. The van der Waals surface area contributed by atoms with E-state index in [1.165, 1.54) is 12.1 Å². The molecule has 0 saturated carbocycles. The molecule has 6 heteroatoms. The summed E-state index contributed by atoms with van der Waals surface area (Å²) in [6.07, 6.45) is 0.704. The zero-order valence-electron chi connectivity index (χ0n) is 10.4. The van der Waals surface area contributed by atoms with Gasteiger partial charge in [0.15, 0.2) is 0 Å². The molecule has 0 amide bonds. The number of aromatic nitrogens is 2. The quantitative estimate of drug-likeness (QED) is 0.759. The van der Waals surface area contributed by atoms with Crippen LogP contribution in [0.15, 0.2) is 47.1 Å². The fourth-order valence-corrected chi connectivity index (χ4v) is 2.08. The van der Waals surface area contributed by atoms with Crippen LogP contribution in [-0.4, -0.2) is 25.7 Å². The Kier molecular flexibility index (Phi) is 3.00. The lowest BCUT2D eigenvalue weighted by molar-refractivity contribution is 0.0648. The Hall–Kier alpha value is -2.60. The van der Waals surface area contributed by atoms with Crippen molar-refractivity contribution in [3.63, 3.8) is 0 Å². The van der Waals surface area contributed by atoms with Crippen LogP contribution in [0.1, 0.15) is 22.4 Å². The number of benzene rings is 1. The third-order valence-electron chi connectivity index (χ3n) is 3.06. The first kappa shape index (κ1) is 12.4. The van der Waals surface area contributed by atoms with Crippen LogP contribution in [0.3, 0.4) is 0 Å². The summed E-state index contributed by atoms with van der Waals surface area (Å²) in [5.74, 6) is -1.12. The van der Waals surface area contributed by atoms with Gasteiger partial charge < -0.3 is 19.2 Å². The molecule has 2 N–H and O–H groups in total. The second kappa shape index (κ2) is 4.82. The number of hydrogen-bond donors (Lipinski definition) is 2. The number of aliphatic hydroxyl groups is 1. The average Bonchev–Trinajstić information content (AvgIpc) is 3.06. The van der Waals surface area contributed by atoms with E-state index in [0.717, 1.165) is 11.0 Å². The van der Waals surface area contributed by atoms with Crippen molar-refractivity contribution in [3.8, 4) is 0 Å². The van der Waals surface area contributed by atoms with Crippen molar-refractivity contribution in [2.75, 3.05) is 0 Å². The number of fused-ring (bicyclic) bond motifs is 1. The van der Waals surface area contributed by atoms with Gasteiger partial charge in [0.1, 0.15) is 11.9 Å². The molecule has 0 aliphatic heterocycles. The van der Waals surface area contributed by atoms with E-state index in [1.54, 1.807) is 10.9 Å². The lowest BCUT2D eigenvalue weighted by atomic mass is 10.2. The van der Waals surface area contributed by atoms with Gasteiger partial charge in [-0.25, -0.2) is 9.78 Å². The van der Waals surface area contributed by atoms with Gasteiger partial charge in [-0.1, -0.05) is 12.1 Å². The molecular weight excluding hydrogens is 260 g/mol. The van der Waals surface area contributed by atoms with Crippen molar-refractivity contribution >= 4 is 17.0 Å². The highest BCUT2D eigenvalue weighted by Gasteiger charge is 2.17. The molecule has 2 aromatic heterocycles. The topological polar surface area (TPSA) is 88.5 Å². The molecule has 20 heavy (non-hydrogen) atoms. The highest BCUT2D eigenvalue weighted by atomic mass is 16.4. The molecule has 0 bridgehead atoms. The highest BCUT2D eigenvalue weighted by Crippen LogP contribution is 2.21. The largest absolute Gasteiger partial charge is 0.475 e. The second-order valence-electron chi connectivity index (χ2n) is 4.41. The molecule has 0 saturated heterocycles. The summed E-state index contributed by atoms with van der Waals surface area (Å²) < 4.78 is 6.88. The number of para-hydroxylation sites is 2. The lowest BCUT2D eigenvalue weighted by Crippen LogP contribution is -2.07. The summed E-state index contributed by atoms with van der Waals surface area (Å²) in [6.45, 7) is 0.243. The van der Waals surface area contributed by atoms with Gasteiger partial charge in [0, 0.05) is 0 Å². The first-order valence-corrected chi connectivity index (χ1v) is 6.06. The van der Waals surface area contributed by atoms with E-state index in [-0.39, 0.29) is 18.1 Å². The summed E-state index contributed by atoms with van der Waals surface area (Å²) in [7, 11) is 0. The van der Waals surface area contributed by atoms with E-state index in [2.05, 4.69) is 4.98 Å². The van der Waals surface area contributed by atoms with E-state index >= 15 is 0 Å². The Morgan fingerprint density at radius 1 is 1.30 bits per heavy atom. The molecule has 0 aliphatic carbocycles. The summed E-state index contributed by atoms with van der Waals surface area (Å²) in [5.41, 5.74) is 1.74. The SMILES string of the molecule is O=C(O)c1ccc(C(O)Cn2cnc3ccccc32)o1. The third-order valence-corrected chi connectivity index (χ3v) is 3.06. The number of carboxylic acid groups (broad SMARTS) is 1. The highest BCUT2D eigenvalue weighted by molar-refractivity contribution is 5.84. The lowest BCUT2D eigenvalue weighted by Gasteiger charge is -2.09. The molecule has 0 spiro atoms. The van der Waals surface area contributed by atoms with Crippen LogP contribution in [0.5, 0.6) is 0 Å². The van der Waals surface area contributed by atoms with Gasteiger partial charge >= 0.3 is 5.97 Å². The maximum Gasteiger partial charge on any atom is 0.371 e. The number of furan rings is 1. The number of carboxylic acids is 1. The molecule has 3 rings (SSSR count). The number of imidazole rings is 1. The average molecular weight is 272 g/mol. The van der Waals surface area contributed by atoms with E-state index in [4.69, 9.17) is 9.52 Å². The van der Waals surface area contributed by atoms with Crippen LogP contribution in [0.25, 0.3) is 11.0 Å². The van der Waals surface area contributed by atoms with Gasteiger partial charge in [-0.05, 0) is 24.3 Å². The zero-order chi connectivity index (χ0) is 14.1. The van der Waals surface area contributed by atoms with Crippen molar-refractivity contribution in [2.24, 2.45) is 0 Å². The van der Waals surface area contributed by atoms with E-state index < -0.39 is 12.1 Å². The number of rotatable bonds is 4. The molecule has 6 nitrogen and oxygen atoms in total. The van der Waals surface area contributed by atoms with E-state index in [1.807, 2.05) is 24.3 Å². The van der Waals surface area contributed by atoms with Crippen LogP contribution in [0.4, 0.5) is 0 Å². The van der Waals surface area contributed by atoms with Gasteiger partial charge in [-0.2, -0.15) is 0 Å². The molecule has 102 valence electrons. The Balaban J connectivity index is 1.84. The van der Waals surface area contributed by atoms with Gasteiger partial charge in [-0.15, -0.1) is 0 Å². The minimum atomic E-state index is -1.16. The van der Waals surface area contributed by atoms with Crippen molar-refractivity contribution in [3.05, 3.63) is 54.2 Å². The molecule has 1 atom stereocenters. The number of carbonyl (C=O) groups is 1. The number of hydrogen-bond acceptors (Lipinski definition) is 4. The van der Waals surface area contributed by atoms with Gasteiger partial charge in [-0.3, -0.25) is 0 Å². The molecule has 0 radical (unpaired) electrons. The predicted octanol–water partition coefficient (Wildman–Crippen LogP) is 2.06. The molecule has 2 heterocycles. The fraction of sp³-hybridized carbons (Fsp3) is 0.143. The first-order valence-electron chi connectivity index (χ1n) is 6.06. The smallest absolute Gasteiger partial charge is 0.371 e. The molecule has 1 unspecified atom stereocenters. The zero-order valence-corrected chi connectivity index (χ0v) is 10.4. The maximum atomic E-state index is 10.7. The predicted molar refractivity (Wildman–Crippen MR) is 70.4 cm³/mol. The monoisotopic (exact) mass is 272 g/mol. The maximum absolute atomic E-state index is 10.7. The second-order valence-corrected chi connectivity index (χ2v) is 4.41. The van der Waals surface area contributed by atoms with Gasteiger partial charge in [0.2, 0.25) is 5.76 Å². The van der Waals surface area contributed by atoms with Crippen molar-refractivity contribution in [1.82, 2.24) is 9.55 Å². The molecule has 3 aromatic rings. The van der Waals surface area contributed by atoms with E-state index in [0.29, 0.717) is 0 Å². The summed E-state index contributed by atoms with van der Waals surface area (Å²) in [6, 6.07) is 10.4. The molecule has 0 fully saturated rings. The number of nitrogens with zero attached hydrogens (tertiary/aromatic N) is 2. The minimum Gasteiger partial charge on any atom is -0.475 e. The Labute approximate surface area is 113 Å². The van der Waals surface area contributed by atoms with Crippen LogP contribution in [-0.2, 0) is 6.54 Å². The van der Waals surface area contributed by atoms with Gasteiger partial charge in [0.05, 0.1) is 23.9 Å². The van der Waals surface area contributed by atoms with Crippen LogP contribution in [0.2, 0.25) is 0 Å². The summed E-state index contributed by atoms with van der Waals surface area (Å²) in [4.78, 5) is 15.0. The van der Waals surface area contributed by atoms with E-state index in [9.17, 15) is 9.90 Å². The fourth-order valence-electron chi connectivity index (χ4n) is 2.08. The summed E-state index contributed by atoms with van der Waals surface area (Å²) in [5, 5.41) is 18.9. The van der Waals surface area contributed by atoms with Gasteiger partial charge in [0.25, 0.3) is 0 Å². The minimum absolute atomic E-state index is 0.186. The van der Waals surface area contributed by atoms with Crippen molar-refractivity contribution in [1.29, 1.82) is 0 Å². The number of aromatic carboxylic acids is 1. The van der Waals surface area contributed by atoms with Crippen molar-refractivity contribution in [2.45, 2.75) is 12.6 Å². The van der Waals surface area contributed by atoms with Crippen LogP contribution >= 0.6 is 0 Å². The van der Waals surface area contributed by atoms with Crippen molar-refractivity contribution < 1.29 is 19.4 Å². The van der Waals surface area contributed by atoms with Crippen LogP contribution < -0.4 is 0 Å². The Bertz CT molecular complexity index is 759. The van der Waals surface area contributed by atoms with Crippen LogP contribution in [0, 0.1) is 0 Å². The molecular formula is C14H12N2O4. The summed E-state index contributed by atoms with van der Waals surface area (Å²) >= 11 is 0. The Morgan fingerprint density at radius 3 is 2.85 bits per heavy atom. The third kappa shape index (κ3) is 2.17.